The monoisotopic (exact) mass is 221 g/mol. The Kier molecular flexibility index (Phi) is 4.05. The highest BCUT2D eigenvalue weighted by molar-refractivity contribution is 5.96. The molecule has 0 aliphatic heterocycles. The van der Waals surface area contributed by atoms with Gasteiger partial charge in [0.15, 0.2) is 0 Å². The number of nitrogens with one attached hydrogen (secondary N) is 1. The minimum absolute atomic E-state index is 0.163. The molecule has 4 heteroatoms. The number of rotatable bonds is 3. The molecule has 0 atom stereocenters. The molecule has 1 aromatic rings. The second-order valence-corrected chi connectivity index (χ2v) is 3.38. The first-order valence-electron chi connectivity index (χ1n) is 5.10. The fourth-order valence-electron chi connectivity index (χ4n) is 1.39. The Morgan fingerprint density at radius 2 is 2.06 bits per heavy atom. The molecule has 1 N–H and O–H groups in total. The lowest BCUT2D eigenvalue weighted by Crippen LogP contribution is -2.11. The SMILES string of the molecule is CCOC(=O)c1cccc(NC(C)=O)c1C. The van der Waals surface area contributed by atoms with Gasteiger partial charge in [0.05, 0.1) is 12.2 Å². The van der Waals surface area contributed by atoms with Gasteiger partial charge in [-0.25, -0.2) is 4.79 Å². The summed E-state index contributed by atoms with van der Waals surface area (Å²) in [6.07, 6.45) is 0. The first-order chi connectivity index (χ1) is 7.56. The summed E-state index contributed by atoms with van der Waals surface area (Å²) >= 11 is 0. The van der Waals surface area contributed by atoms with Gasteiger partial charge in [-0.15, -0.1) is 0 Å². The van der Waals surface area contributed by atoms with E-state index in [0.717, 1.165) is 5.56 Å². The van der Waals surface area contributed by atoms with Crippen LogP contribution in [0.15, 0.2) is 18.2 Å². The molecule has 0 aromatic heterocycles. The van der Waals surface area contributed by atoms with Gasteiger partial charge in [-0.3, -0.25) is 4.79 Å². The fraction of sp³-hybridized carbons (Fsp3) is 0.333. The molecule has 0 aliphatic rings. The molecule has 0 radical (unpaired) electrons. The fourth-order valence-corrected chi connectivity index (χ4v) is 1.39. The number of amides is 1. The van der Waals surface area contributed by atoms with Crippen LogP contribution in [0.1, 0.15) is 29.8 Å². The van der Waals surface area contributed by atoms with E-state index >= 15 is 0 Å². The molecule has 0 unspecified atom stereocenters. The zero-order valence-corrected chi connectivity index (χ0v) is 9.66. The Morgan fingerprint density at radius 1 is 1.38 bits per heavy atom. The summed E-state index contributed by atoms with van der Waals surface area (Å²) in [7, 11) is 0. The molecule has 0 spiro atoms. The Balaban J connectivity index is 3.03. The normalized spacial score (nSPS) is 9.69. The van der Waals surface area contributed by atoms with Crippen molar-refractivity contribution in [3.63, 3.8) is 0 Å². The molecule has 0 aliphatic carbocycles. The zero-order valence-electron chi connectivity index (χ0n) is 9.66. The molecule has 0 bridgehead atoms. The van der Waals surface area contributed by atoms with Crippen LogP contribution in [0, 0.1) is 6.92 Å². The summed E-state index contributed by atoms with van der Waals surface area (Å²) in [6, 6.07) is 5.14. The Morgan fingerprint density at radius 3 is 2.62 bits per heavy atom. The Labute approximate surface area is 94.6 Å². The summed E-state index contributed by atoms with van der Waals surface area (Å²) < 4.78 is 4.92. The van der Waals surface area contributed by atoms with E-state index in [-0.39, 0.29) is 11.9 Å². The highest BCUT2D eigenvalue weighted by Gasteiger charge is 2.12. The van der Waals surface area contributed by atoms with Crippen LogP contribution in [0.4, 0.5) is 5.69 Å². The lowest BCUT2D eigenvalue weighted by atomic mass is 10.1. The van der Waals surface area contributed by atoms with Crippen LogP contribution in [-0.4, -0.2) is 18.5 Å². The van der Waals surface area contributed by atoms with Gasteiger partial charge in [0.25, 0.3) is 0 Å². The maximum absolute atomic E-state index is 11.6. The largest absolute Gasteiger partial charge is 0.462 e. The third-order valence-corrected chi connectivity index (χ3v) is 2.14. The topological polar surface area (TPSA) is 55.4 Å². The van der Waals surface area contributed by atoms with Gasteiger partial charge in [-0.1, -0.05) is 6.07 Å². The van der Waals surface area contributed by atoms with Crippen LogP contribution in [0.2, 0.25) is 0 Å². The lowest BCUT2D eigenvalue weighted by Gasteiger charge is -2.10. The molecular weight excluding hydrogens is 206 g/mol. The second-order valence-electron chi connectivity index (χ2n) is 3.38. The van der Waals surface area contributed by atoms with Crippen molar-refractivity contribution < 1.29 is 14.3 Å². The molecule has 0 saturated heterocycles. The maximum Gasteiger partial charge on any atom is 0.338 e. The average Bonchev–Trinajstić information content (AvgIpc) is 2.21. The molecule has 4 nitrogen and oxygen atoms in total. The maximum atomic E-state index is 11.6. The molecule has 1 aromatic carbocycles. The number of esters is 1. The molecule has 16 heavy (non-hydrogen) atoms. The van der Waals surface area contributed by atoms with Crippen LogP contribution in [0.3, 0.4) is 0 Å². The van der Waals surface area contributed by atoms with Gasteiger partial charge in [0.2, 0.25) is 5.91 Å². The Hall–Kier alpha value is -1.84. The minimum atomic E-state index is -0.368. The van der Waals surface area contributed by atoms with Crippen molar-refractivity contribution in [2.45, 2.75) is 20.8 Å². The van der Waals surface area contributed by atoms with Gasteiger partial charge in [0, 0.05) is 12.6 Å². The standard InChI is InChI=1S/C12H15NO3/c1-4-16-12(15)10-6-5-7-11(8(10)2)13-9(3)14/h5-7H,4H2,1-3H3,(H,13,14). The summed E-state index contributed by atoms with van der Waals surface area (Å²) in [6.45, 7) is 5.29. The second kappa shape index (κ2) is 5.30. The van der Waals surface area contributed by atoms with Crippen LogP contribution in [0.5, 0.6) is 0 Å². The van der Waals surface area contributed by atoms with E-state index in [9.17, 15) is 9.59 Å². The molecular formula is C12H15NO3. The molecule has 86 valence electrons. The van der Waals surface area contributed by atoms with Crippen molar-refractivity contribution in [2.75, 3.05) is 11.9 Å². The van der Waals surface area contributed by atoms with E-state index in [2.05, 4.69) is 5.32 Å². The number of benzene rings is 1. The summed E-state index contributed by atoms with van der Waals surface area (Å²) in [5.41, 5.74) is 1.84. The summed E-state index contributed by atoms with van der Waals surface area (Å²) in [4.78, 5) is 22.5. The first-order valence-corrected chi connectivity index (χ1v) is 5.10. The molecule has 0 heterocycles. The number of anilines is 1. The van der Waals surface area contributed by atoms with E-state index in [1.165, 1.54) is 6.92 Å². The van der Waals surface area contributed by atoms with Gasteiger partial charge in [0.1, 0.15) is 0 Å². The van der Waals surface area contributed by atoms with Crippen LogP contribution in [-0.2, 0) is 9.53 Å². The number of hydrogen-bond acceptors (Lipinski definition) is 3. The number of hydrogen-bond donors (Lipinski definition) is 1. The third-order valence-electron chi connectivity index (χ3n) is 2.14. The quantitative estimate of drug-likeness (QED) is 0.795. The van der Waals surface area contributed by atoms with Gasteiger partial charge < -0.3 is 10.1 Å². The van der Waals surface area contributed by atoms with E-state index in [1.807, 2.05) is 0 Å². The van der Waals surface area contributed by atoms with Gasteiger partial charge >= 0.3 is 5.97 Å². The smallest absolute Gasteiger partial charge is 0.338 e. The van der Waals surface area contributed by atoms with Crippen molar-refractivity contribution >= 4 is 17.6 Å². The Bertz CT molecular complexity index is 413. The number of ether oxygens (including phenoxy) is 1. The van der Waals surface area contributed by atoms with Crippen molar-refractivity contribution in [1.29, 1.82) is 0 Å². The summed E-state index contributed by atoms with van der Waals surface area (Å²) in [5, 5.41) is 2.66. The van der Waals surface area contributed by atoms with E-state index < -0.39 is 0 Å². The van der Waals surface area contributed by atoms with E-state index in [4.69, 9.17) is 4.74 Å². The van der Waals surface area contributed by atoms with E-state index in [1.54, 1.807) is 32.0 Å². The highest BCUT2D eigenvalue weighted by Crippen LogP contribution is 2.19. The number of carbonyl (C=O) groups is 2. The minimum Gasteiger partial charge on any atom is -0.462 e. The van der Waals surface area contributed by atoms with Gasteiger partial charge in [-0.2, -0.15) is 0 Å². The average molecular weight is 221 g/mol. The lowest BCUT2D eigenvalue weighted by molar-refractivity contribution is -0.114. The zero-order chi connectivity index (χ0) is 12.1. The molecule has 1 amide bonds. The molecule has 0 saturated carbocycles. The van der Waals surface area contributed by atoms with E-state index in [0.29, 0.717) is 17.9 Å². The molecule has 0 fully saturated rings. The first kappa shape index (κ1) is 12.2. The highest BCUT2D eigenvalue weighted by atomic mass is 16.5. The van der Waals surface area contributed by atoms with Crippen LogP contribution >= 0.6 is 0 Å². The van der Waals surface area contributed by atoms with Crippen molar-refractivity contribution in [3.8, 4) is 0 Å². The summed E-state index contributed by atoms with van der Waals surface area (Å²) in [5.74, 6) is -0.531. The van der Waals surface area contributed by atoms with Crippen molar-refractivity contribution in [1.82, 2.24) is 0 Å². The van der Waals surface area contributed by atoms with Gasteiger partial charge in [-0.05, 0) is 31.5 Å². The predicted octanol–water partition coefficient (Wildman–Crippen LogP) is 2.13. The van der Waals surface area contributed by atoms with Crippen molar-refractivity contribution in [3.05, 3.63) is 29.3 Å². The van der Waals surface area contributed by atoms with Crippen LogP contribution in [0.25, 0.3) is 0 Å². The third kappa shape index (κ3) is 2.82. The van der Waals surface area contributed by atoms with Crippen LogP contribution < -0.4 is 5.32 Å². The molecule has 1 rings (SSSR count). The van der Waals surface area contributed by atoms with Crippen molar-refractivity contribution in [2.24, 2.45) is 0 Å². The number of carbonyl (C=O) groups excluding carboxylic acids is 2. The predicted molar refractivity (Wildman–Crippen MR) is 61.4 cm³/mol.